The molecular weight excluding hydrogens is 283 g/mol. The molecule has 4 nitrogen and oxygen atoms in total. The molecular formula is C14H14F3N3O. The number of rotatable bonds is 4. The smallest absolute Gasteiger partial charge is 0.272 e. The van der Waals surface area contributed by atoms with Crippen molar-refractivity contribution in [3.8, 4) is 0 Å². The summed E-state index contributed by atoms with van der Waals surface area (Å²) in [4.78, 5) is 12.1. The van der Waals surface area contributed by atoms with Crippen LogP contribution in [0.3, 0.4) is 0 Å². The van der Waals surface area contributed by atoms with Gasteiger partial charge in [-0.15, -0.1) is 0 Å². The van der Waals surface area contributed by atoms with Crippen LogP contribution in [0.5, 0.6) is 0 Å². The Morgan fingerprint density at radius 2 is 1.86 bits per heavy atom. The van der Waals surface area contributed by atoms with Crippen LogP contribution in [0.15, 0.2) is 24.4 Å². The number of carbonyl (C=O) groups excluding carboxylic acids is 1. The number of nitrogens with zero attached hydrogens (tertiary/aromatic N) is 1. The molecule has 1 amide bonds. The van der Waals surface area contributed by atoms with Gasteiger partial charge in [0.05, 0.1) is 5.69 Å². The van der Waals surface area contributed by atoms with Crippen molar-refractivity contribution in [3.05, 3.63) is 47.5 Å². The lowest BCUT2D eigenvalue weighted by molar-refractivity contribution is 0.101. The number of nitrogens with two attached hydrogens (primary N) is 1. The average molecular weight is 297 g/mol. The van der Waals surface area contributed by atoms with E-state index in [0.29, 0.717) is 24.4 Å². The van der Waals surface area contributed by atoms with Crippen molar-refractivity contribution < 1.29 is 18.0 Å². The Labute approximate surface area is 119 Å². The van der Waals surface area contributed by atoms with Crippen molar-refractivity contribution in [3.63, 3.8) is 0 Å². The van der Waals surface area contributed by atoms with Crippen molar-refractivity contribution in [1.29, 1.82) is 0 Å². The van der Waals surface area contributed by atoms with Gasteiger partial charge in [-0.2, -0.15) is 0 Å². The van der Waals surface area contributed by atoms with Crippen LogP contribution in [0.2, 0.25) is 0 Å². The molecule has 0 saturated heterocycles. The number of anilines is 2. The zero-order valence-electron chi connectivity index (χ0n) is 11.3. The summed E-state index contributed by atoms with van der Waals surface area (Å²) >= 11 is 0. The lowest BCUT2D eigenvalue weighted by Gasteiger charge is -2.09. The Bertz CT molecular complexity index is 659. The first-order valence-electron chi connectivity index (χ1n) is 6.34. The molecule has 7 heteroatoms. The number of nitrogens with one attached hydrogen (secondary N) is 1. The van der Waals surface area contributed by atoms with Crippen LogP contribution in [0.1, 0.15) is 23.8 Å². The van der Waals surface area contributed by atoms with E-state index in [0.717, 1.165) is 6.42 Å². The van der Waals surface area contributed by atoms with E-state index in [2.05, 4.69) is 5.32 Å². The van der Waals surface area contributed by atoms with E-state index in [1.807, 2.05) is 6.92 Å². The standard InChI is InChI=1S/C14H14F3N3O/c1-2-3-20-7-8(18)4-12(20)14(21)19-9-5-10(15)13(17)11(16)6-9/h4-7H,2-3,18H2,1H3,(H,19,21). The highest BCUT2D eigenvalue weighted by Crippen LogP contribution is 2.19. The zero-order chi connectivity index (χ0) is 15.6. The molecule has 0 unspecified atom stereocenters. The maximum absolute atomic E-state index is 13.1. The highest BCUT2D eigenvalue weighted by atomic mass is 19.2. The lowest BCUT2D eigenvalue weighted by Crippen LogP contribution is -2.17. The summed E-state index contributed by atoms with van der Waals surface area (Å²) in [6, 6.07) is 2.89. The number of aryl methyl sites for hydroxylation is 1. The Morgan fingerprint density at radius 1 is 1.24 bits per heavy atom. The molecule has 1 aromatic heterocycles. The number of hydrogen-bond acceptors (Lipinski definition) is 2. The molecule has 0 spiro atoms. The maximum atomic E-state index is 13.1. The third-order valence-corrected chi connectivity index (χ3v) is 2.86. The Morgan fingerprint density at radius 3 is 2.43 bits per heavy atom. The minimum atomic E-state index is -1.58. The first-order chi connectivity index (χ1) is 9.92. The van der Waals surface area contributed by atoms with Crippen LogP contribution in [-0.2, 0) is 6.54 Å². The van der Waals surface area contributed by atoms with Crippen molar-refractivity contribution in [2.45, 2.75) is 19.9 Å². The second kappa shape index (κ2) is 5.90. The van der Waals surface area contributed by atoms with Gasteiger partial charge in [0.25, 0.3) is 5.91 Å². The molecule has 0 aliphatic rings. The van der Waals surface area contributed by atoms with E-state index in [-0.39, 0.29) is 11.4 Å². The SMILES string of the molecule is CCCn1cc(N)cc1C(=O)Nc1cc(F)c(F)c(F)c1. The van der Waals surface area contributed by atoms with E-state index in [1.54, 1.807) is 10.8 Å². The molecule has 3 N–H and O–H groups in total. The maximum Gasteiger partial charge on any atom is 0.272 e. The predicted octanol–water partition coefficient (Wildman–Crippen LogP) is 3.15. The summed E-state index contributed by atoms with van der Waals surface area (Å²) in [5.41, 5.74) is 6.14. The molecule has 21 heavy (non-hydrogen) atoms. The minimum Gasteiger partial charge on any atom is -0.397 e. The summed E-state index contributed by atoms with van der Waals surface area (Å²) in [6.45, 7) is 2.51. The fourth-order valence-corrected chi connectivity index (χ4v) is 1.97. The first-order valence-corrected chi connectivity index (χ1v) is 6.34. The lowest BCUT2D eigenvalue weighted by atomic mass is 10.2. The van der Waals surface area contributed by atoms with Crippen LogP contribution in [0.25, 0.3) is 0 Å². The summed E-state index contributed by atoms with van der Waals surface area (Å²) in [5.74, 6) is -4.89. The zero-order valence-corrected chi connectivity index (χ0v) is 11.3. The van der Waals surface area contributed by atoms with Crippen molar-refractivity contribution in [1.82, 2.24) is 4.57 Å². The van der Waals surface area contributed by atoms with E-state index >= 15 is 0 Å². The van der Waals surface area contributed by atoms with Crippen LogP contribution in [-0.4, -0.2) is 10.5 Å². The second-order valence-electron chi connectivity index (χ2n) is 4.56. The molecule has 2 aromatic rings. The topological polar surface area (TPSA) is 60.0 Å². The molecule has 0 saturated carbocycles. The van der Waals surface area contributed by atoms with Gasteiger partial charge in [0, 0.05) is 30.6 Å². The molecule has 0 bridgehead atoms. The number of benzene rings is 1. The largest absolute Gasteiger partial charge is 0.397 e. The third kappa shape index (κ3) is 3.18. The molecule has 1 heterocycles. The van der Waals surface area contributed by atoms with Gasteiger partial charge in [-0.25, -0.2) is 13.2 Å². The molecule has 1 aromatic carbocycles. The average Bonchev–Trinajstić information content (AvgIpc) is 2.77. The van der Waals surface area contributed by atoms with E-state index in [4.69, 9.17) is 5.73 Å². The third-order valence-electron chi connectivity index (χ3n) is 2.86. The van der Waals surface area contributed by atoms with Gasteiger partial charge in [0.2, 0.25) is 0 Å². The Balaban J connectivity index is 2.26. The van der Waals surface area contributed by atoms with Crippen LogP contribution >= 0.6 is 0 Å². The molecule has 112 valence electrons. The van der Waals surface area contributed by atoms with Gasteiger partial charge in [0.1, 0.15) is 5.69 Å². The van der Waals surface area contributed by atoms with Gasteiger partial charge >= 0.3 is 0 Å². The molecule has 0 radical (unpaired) electrons. The Hall–Kier alpha value is -2.44. The van der Waals surface area contributed by atoms with Crippen LogP contribution in [0, 0.1) is 17.5 Å². The van der Waals surface area contributed by atoms with E-state index in [9.17, 15) is 18.0 Å². The second-order valence-corrected chi connectivity index (χ2v) is 4.56. The highest BCUT2D eigenvalue weighted by molar-refractivity contribution is 6.03. The molecule has 0 aliphatic carbocycles. The summed E-state index contributed by atoms with van der Waals surface area (Å²) in [7, 11) is 0. The number of hydrogen-bond donors (Lipinski definition) is 2. The van der Waals surface area contributed by atoms with Gasteiger partial charge in [0.15, 0.2) is 17.5 Å². The van der Waals surface area contributed by atoms with Gasteiger partial charge in [-0.3, -0.25) is 4.79 Å². The summed E-state index contributed by atoms with van der Waals surface area (Å²) < 4.78 is 40.7. The van der Waals surface area contributed by atoms with E-state index in [1.165, 1.54) is 6.07 Å². The molecule has 0 aliphatic heterocycles. The number of amides is 1. The van der Waals surface area contributed by atoms with Gasteiger partial charge in [-0.05, 0) is 12.5 Å². The Kier molecular flexibility index (Phi) is 4.21. The highest BCUT2D eigenvalue weighted by Gasteiger charge is 2.16. The number of aromatic nitrogens is 1. The normalized spacial score (nSPS) is 10.7. The molecule has 0 fully saturated rings. The predicted molar refractivity (Wildman–Crippen MR) is 73.4 cm³/mol. The monoisotopic (exact) mass is 297 g/mol. The fraction of sp³-hybridized carbons (Fsp3) is 0.214. The first kappa shape index (κ1) is 15.0. The number of carbonyl (C=O) groups is 1. The molecule has 2 rings (SSSR count). The number of nitrogen functional groups attached to an aromatic ring is 1. The minimum absolute atomic E-state index is 0.167. The van der Waals surface area contributed by atoms with Crippen LogP contribution in [0.4, 0.5) is 24.5 Å². The molecule has 0 atom stereocenters. The fourth-order valence-electron chi connectivity index (χ4n) is 1.97. The number of halogens is 3. The van der Waals surface area contributed by atoms with Crippen molar-refractivity contribution in [2.24, 2.45) is 0 Å². The van der Waals surface area contributed by atoms with Gasteiger partial charge < -0.3 is 15.6 Å². The quantitative estimate of drug-likeness (QED) is 0.852. The summed E-state index contributed by atoms with van der Waals surface area (Å²) in [5, 5.41) is 2.32. The van der Waals surface area contributed by atoms with Gasteiger partial charge in [-0.1, -0.05) is 6.92 Å². The van der Waals surface area contributed by atoms with E-state index < -0.39 is 23.4 Å². The van der Waals surface area contributed by atoms with Crippen molar-refractivity contribution >= 4 is 17.3 Å². The van der Waals surface area contributed by atoms with Crippen LogP contribution < -0.4 is 11.1 Å². The van der Waals surface area contributed by atoms with Crippen molar-refractivity contribution in [2.75, 3.05) is 11.1 Å². The summed E-state index contributed by atoms with van der Waals surface area (Å²) in [6.07, 6.45) is 2.39.